The molecule has 1 N–H and O–H groups in total. The topological polar surface area (TPSA) is 63.6 Å². The van der Waals surface area contributed by atoms with Crippen molar-refractivity contribution < 1.29 is 13.9 Å². The maximum absolute atomic E-state index is 11.7. The number of rotatable bonds is 5. The Morgan fingerprint density at radius 3 is 2.77 bits per heavy atom. The molecule has 0 aliphatic rings. The lowest BCUT2D eigenvalue weighted by atomic mass is 10.1. The van der Waals surface area contributed by atoms with E-state index in [2.05, 4.69) is 0 Å². The van der Waals surface area contributed by atoms with Gasteiger partial charge in [-0.3, -0.25) is 0 Å². The van der Waals surface area contributed by atoms with Crippen molar-refractivity contribution in [2.24, 2.45) is 0 Å². The van der Waals surface area contributed by atoms with Gasteiger partial charge in [0.15, 0.2) is 0 Å². The average Bonchev–Trinajstić information content (AvgIpc) is 2.99. The van der Waals surface area contributed by atoms with Crippen molar-refractivity contribution in [3.63, 3.8) is 0 Å². The van der Waals surface area contributed by atoms with Gasteiger partial charge in [0, 0.05) is 23.3 Å². The van der Waals surface area contributed by atoms with Crippen molar-refractivity contribution in [3.8, 4) is 5.75 Å². The maximum atomic E-state index is 11.7. The molecule has 0 saturated carbocycles. The van der Waals surface area contributed by atoms with Gasteiger partial charge >= 0.3 is 5.63 Å². The summed E-state index contributed by atoms with van der Waals surface area (Å²) in [6.45, 7) is 1.98. The lowest BCUT2D eigenvalue weighted by Crippen LogP contribution is -2.00. The standard InChI is InChI=1S/C17H16O4S/c1-2-11-6-14-12(9-22-10-13-4-3-5-20-13)7-17(19)21-16(14)8-15(11)18/h3-8,18H,2,9-10H2,1H3. The summed E-state index contributed by atoms with van der Waals surface area (Å²) < 4.78 is 10.5. The molecule has 5 heteroatoms. The summed E-state index contributed by atoms with van der Waals surface area (Å²) in [6, 6.07) is 8.73. The minimum Gasteiger partial charge on any atom is -0.508 e. The van der Waals surface area contributed by atoms with Gasteiger partial charge in [-0.1, -0.05) is 6.92 Å². The van der Waals surface area contributed by atoms with Crippen molar-refractivity contribution in [1.82, 2.24) is 0 Å². The van der Waals surface area contributed by atoms with Gasteiger partial charge in [-0.05, 0) is 35.7 Å². The van der Waals surface area contributed by atoms with Crippen LogP contribution in [-0.4, -0.2) is 5.11 Å². The molecule has 0 aliphatic heterocycles. The molecule has 0 amide bonds. The third kappa shape index (κ3) is 3.04. The zero-order chi connectivity index (χ0) is 15.5. The van der Waals surface area contributed by atoms with Crippen LogP contribution in [0.15, 0.2) is 50.2 Å². The number of hydrogen-bond donors (Lipinski definition) is 1. The highest BCUT2D eigenvalue weighted by atomic mass is 32.2. The van der Waals surface area contributed by atoms with Gasteiger partial charge in [0.05, 0.1) is 12.0 Å². The second-order valence-electron chi connectivity index (χ2n) is 4.99. The Bertz CT molecular complexity index is 834. The van der Waals surface area contributed by atoms with E-state index in [1.54, 1.807) is 18.0 Å². The van der Waals surface area contributed by atoms with Gasteiger partial charge in [-0.25, -0.2) is 4.79 Å². The Hall–Kier alpha value is -2.14. The largest absolute Gasteiger partial charge is 0.508 e. The highest BCUT2D eigenvalue weighted by Gasteiger charge is 2.10. The number of benzene rings is 1. The predicted octanol–water partition coefficient (Wildman–Crippen LogP) is 4.09. The van der Waals surface area contributed by atoms with Crippen molar-refractivity contribution in [2.45, 2.75) is 24.9 Å². The van der Waals surface area contributed by atoms with Crippen LogP contribution in [-0.2, 0) is 17.9 Å². The molecule has 0 aliphatic carbocycles. The molecule has 2 aromatic heterocycles. The van der Waals surface area contributed by atoms with E-state index in [4.69, 9.17) is 8.83 Å². The Morgan fingerprint density at radius 2 is 2.05 bits per heavy atom. The quantitative estimate of drug-likeness (QED) is 0.718. The van der Waals surface area contributed by atoms with Crippen molar-refractivity contribution in [2.75, 3.05) is 0 Å². The molecular formula is C17H16O4S. The summed E-state index contributed by atoms with van der Waals surface area (Å²) in [6.07, 6.45) is 2.37. The molecule has 0 atom stereocenters. The van der Waals surface area contributed by atoms with E-state index in [0.717, 1.165) is 34.4 Å². The van der Waals surface area contributed by atoms with E-state index < -0.39 is 5.63 Å². The number of aryl methyl sites for hydroxylation is 1. The number of thioether (sulfide) groups is 1. The van der Waals surface area contributed by atoms with Gasteiger partial charge in [0.2, 0.25) is 0 Å². The Labute approximate surface area is 131 Å². The first-order chi connectivity index (χ1) is 10.7. The molecule has 0 radical (unpaired) electrons. The van der Waals surface area contributed by atoms with Crippen LogP contribution in [0.4, 0.5) is 0 Å². The fraction of sp³-hybridized carbons (Fsp3) is 0.235. The van der Waals surface area contributed by atoms with Crippen LogP contribution in [0.25, 0.3) is 11.0 Å². The molecule has 0 spiro atoms. The molecule has 114 valence electrons. The van der Waals surface area contributed by atoms with Gasteiger partial charge < -0.3 is 13.9 Å². The Kier molecular flexibility index (Phi) is 4.24. The van der Waals surface area contributed by atoms with Gasteiger partial charge in [0.1, 0.15) is 17.1 Å². The van der Waals surface area contributed by atoms with Gasteiger partial charge in [0.25, 0.3) is 0 Å². The smallest absolute Gasteiger partial charge is 0.336 e. The van der Waals surface area contributed by atoms with E-state index in [0.29, 0.717) is 11.3 Å². The highest BCUT2D eigenvalue weighted by molar-refractivity contribution is 7.97. The molecular weight excluding hydrogens is 300 g/mol. The average molecular weight is 316 g/mol. The SMILES string of the molecule is CCc1cc2c(CSCc3ccco3)cc(=O)oc2cc1O. The van der Waals surface area contributed by atoms with Crippen LogP contribution in [0.2, 0.25) is 0 Å². The summed E-state index contributed by atoms with van der Waals surface area (Å²) in [5, 5.41) is 10.8. The molecule has 2 heterocycles. The van der Waals surface area contributed by atoms with Crippen molar-refractivity contribution in [3.05, 3.63) is 63.9 Å². The van der Waals surface area contributed by atoms with E-state index in [9.17, 15) is 9.90 Å². The lowest BCUT2D eigenvalue weighted by molar-refractivity contribution is 0.466. The first-order valence-corrected chi connectivity index (χ1v) is 8.21. The number of furan rings is 1. The lowest BCUT2D eigenvalue weighted by Gasteiger charge is -2.08. The Balaban J connectivity index is 1.91. The third-order valence-electron chi connectivity index (χ3n) is 3.49. The van der Waals surface area contributed by atoms with Gasteiger partial charge in [-0.2, -0.15) is 0 Å². The number of fused-ring (bicyclic) bond motifs is 1. The van der Waals surface area contributed by atoms with Gasteiger partial charge in [-0.15, -0.1) is 11.8 Å². The minimum atomic E-state index is -0.398. The van der Waals surface area contributed by atoms with Crippen LogP contribution in [0.5, 0.6) is 5.75 Å². The summed E-state index contributed by atoms with van der Waals surface area (Å²) >= 11 is 1.67. The number of phenolic OH excluding ortho intramolecular Hbond substituents is 1. The van der Waals surface area contributed by atoms with Crippen molar-refractivity contribution in [1.29, 1.82) is 0 Å². The normalized spacial score (nSPS) is 11.1. The number of aromatic hydroxyl groups is 1. The fourth-order valence-electron chi connectivity index (χ4n) is 2.37. The van der Waals surface area contributed by atoms with Crippen molar-refractivity contribution >= 4 is 22.7 Å². The molecule has 3 rings (SSSR count). The highest BCUT2D eigenvalue weighted by Crippen LogP contribution is 2.29. The molecule has 0 unspecified atom stereocenters. The molecule has 0 saturated heterocycles. The molecule has 22 heavy (non-hydrogen) atoms. The summed E-state index contributed by atoms with van der Waals surface area (Å²) in [7, 11) is 0. The number of phenols is 1. The number of hydrogen-bond acceptors (Lipinski definition) is 5. The summed E-state index contributed by atoms with van der Waals surface area (Å²) in [5.74, 6) is 2.49. The van der Waals surface area contributed by atoms with Crippen LogP contribution >= 0.6 is 11.8 Å². The second-order valence-corrected chi connectivity index (χ2v) is 5.98. The molecule has 1 aromatic carbocycles. The Morgan fingerprint density at radius 1 is 1.18 bits per heavy atom. The molecule has 4 nitrogen and oxygen atoms in total. The van der Waals surface area contributed by atoms with E-state index in [1.807, 2.05) is 25.1 Å². The van der Waals surface area contributed by atoms with Crippen LogP contribution in [0, 0.1) is 0 Å². The van der Waals surface area contributed by atoms with E-state index in [1.165, 1.54) is 12.1 Å². The summed E-state index contributed by atoms with van der Waals surface area (Å²) in [4.78, 5) is 11.7. The zero-order valence-corrected chi connectivity index (χ0v) is 13.0. The van der Waals surface area contributed by atoms with Crippen LogP contribution in [0.1, 0.15) is 23.8 Å². The zero-order valence-electron chi connectivity index (χ0n) is 12.2. The molecule has 0 bridgehead atoms. The maximum Gasteiger partial charge on any atom is 0.336 e. The second kappa shape index (κ2) is 6.32. The molecule has 3 aromatic rings. The van der Waals surface area contributed by atoms with E-state index in [-0.39, 0.29) is 5.75 Å². The third-order valence-corrected chi connectivity index (χ3v) is 4.50. The monoisotopic (exact) mass is 316 g/mol. The fourth-order valence-corrected chi connectivity index (χ4v) is 3.29. The minimum absolute atomic E-state index is 0.165. The first-order valence-electron chi connectivity index (χ1n) is 7.06. The van der Waals surface area contributed by atoms with Crippen LogP contribution < -0.4 is 5.63 Å². The predicted molar refractivity (Wildman–Crippen MR) is 87.2 cm³/mol. The van der Waals surface area contributed by atoms with Crippen LogP contribution in [0.3, 0.4) is 0 Å². The first kappa shape index (κ1) is 14.8. The molecule has 0 fully saturated rings. The van der Waals surface area contributed by atoms with E-state index >= 15 is 0 Å². The summed E-state index contributed by atoms with van der Waals surface area (Å²) in [5.41, 5.74) is 1.79.